The van der Waals surface area contributed by atoms with Crippen molar-refractivity contribution in [3.8, 4) is 0 Å². The van der Waals surface area contributed by atoms with Crippen LogP contribution in [0.4, 0.5) is 5.69 Å². The molecular formula is C13H16N2O4S. The molecule has 20 heavy (non-hydrogen) atoms. The maximum Gasteiger partial charge on any atom is 0.292 e. The summed E-state index contributed by atoms with van der Waals surface area (Å²) in [4.78, 5) is 14.7. The van der Waals surface area contributed by atoms with Crippen molar-refractivity contribution in [1.29, 1.82) is 0 Å². The molecule has 1 fully saturated rings. The van der Waals surface area contributed by atoms with Crippen LogP contribution in [0.3, 0.4) is 0 Å². The third kappa shape index (κ3) is 1.81. The molecule has 0 radical (unpaired) electrons. The summed E-state index contributed by atoms with van der Waals surface area (Å²) in [5.41, 5.74) is 1.33. The van der Waals surface area contributed by atoms with Gasteiger partial charge in [0.15, 0.2) is 0 Å². The standard InChI is InChI=1S/C13H16N2O4S/c1-2-15-11-5-4-9(20(14)17)8-10(11)13(12(15)16)18-6-3-7-19-13/h4-5,8H,2-3,6-7,14H2,1H3. The highest BCUT2D eigenvalue weighted by Gasteiger charge is 2.54. The second-order valence-electron chi connectivity index (χ2n) is 4.69. The predicted molar refractivity (Wildman–Crippen MR) is 73.3 cm³/mol. The first-order valence-electron chi connectivity index (χ1n) is 6.50. The number of ether oxygens (including phenoxy) is 2. The Morgan fingerprint density at radius 1 is 1.40 bits per heavy atom. The second-order valence-corrected chi connectivity index (χ2v) is 5.76. The molecule has 1 atom stereocenters. The van der Waals surface area contributed by atoms with E-state index >= 15 is 0 Å². The number of amides is 1. The molecule has 1 aromatic carbocycles. The van der Waals surface area contributed by atoms with Crippen LogP contribution in [0.25, 0.3) is 0 Å². The number of likely N-dealkylation sites (N-methyl/N-ethyl adjacent to an activating group) is 1. The largest absolute Gasteiger partial charge is 0.338 e. The van der Waals surface area contributed by atoms with E-state index in [1.54, 1.807) is 23.1 Å². The van der Waals surface area contributed by atoms with E-state index in [-0.39, 0.29) is 5.91 Å². The molecule has 2 N–H and O–H groups in total. The minimum absolute atomic E-state index is 0.227. The van der Waals surface area contributed by atoms with E-state index in [1.807, 2.05) is 6.92 Å². The van der Waals surface area contributed by atoms with Crippen LogP contribution in [0.2, 0.25) is 0 Å². The van der Waals surface area contributed by atoms with Gasteiger partial charge in [-0.05, 0) is 31.5 Å². The quantitative estimate of drug-likeness (QED) is 0.867. The van der Waals surface area contributed by atoms with Gasteiger partial charge in [-0.3, -0.25) is 4.79 Å². The molecule has 0 saturated carbocycles. The lowest BCUT2D eigenvalue weighted by molar-refractivity contribution is -0.256. The molecule has 2 aliphatic heterocycles. The fourth-order valence-electron chi connectivity index (χ4n) is 2.67. The number of nitrogens with zero attached hydrogens (tertiary/aromatic N) is 1. The number of carbonyl (C=O) groups is 1. The Kier molecular flexibility index (Phi) is 3.37. The van der Waals surface area contributed by atoms with E-state index in [0.717, 1.165) is 12.1 Å². The Bertz CT molecular complexity index is 584. The number of anilines is 1. The van der Waals surface area contributed by atoms with Crippen molar-refractivity contribution in [2.45, 2.75) is 24.0 Å². The second kappa shape index (κ2) is 4.92. The lowest BCUT2D eigenvalue weighted by atomic mass is 10.1. The van der Waals surface area contributed by atoms with Crippen LogP contribution in [0, 0.1) is 0 Å². The maximum absolute atomic E-state index is 12.6. The van der Waals surface area contributed by atoms with E-state index in [2.05, 4.69) is 0 Å². The lowest BCUT2D eigenvalue weighted by Gasteiger charge is -2.32. The van der Waals surface area contributed by atoms with Crippen LogP contribution in [-0.4, -0.2) is 29.9 Å². The van der Waals surface area contributed by atoms with Crippen LogP contribution in [-0.2, 0) is 31.0 Å². The first-order valence-corrected chi connectivity index (χ1v) is 7.72. The fourth-order valence-corrected chi connectivity index (χ4v) is 3.10. The molecule has 7 heteroatoms. The minimum atomic E-state index is -1.61. The van der Waals surface area contributed by atoms with Crippen LogP contribution in [0.1, 0.15) is 18.9 Å². The van der Waals surface area contributed by atoms with E-state index in [1.165, 1.54) is 0 Å². The Morgan fingerprint density at radius 2 is 2.10 bits per heavy atom. The van der Waals surface area contributed by atoms with Crippen molar-refractivity contribution in [2.75, 3.05) is 24.7 Å². The van der Waals surface area contributed by atoms with Crippen molar-refractivity contribution in [3.63, 3.8) is 0 Å². The Balaban J connectivity index is 2.17. The Hall–Kier alpha value is -1.28. The van der Waals surface area contributed by atoms with Gasteiger partial charge in [0.05, 0.1) is 23.8 Å². The van der Waals surface area contributed by atoms with E-state index in [4.69, 9.17) is 14.6 Å². The van der Waals surface area contributed by atoms with Crippen LogP contribution in [0.15, 0.2) is 23.1 Å². The average Bonchev–Trinajstić information content (AvgIpc) is 2.69. The molecule has 0 bridgehead atoms. The third-order valence-electron chi connectivity index (χ3n) is 3.59. The molecule has 108 valence electrons. The van der Waals surface area contributed by atoms with Gasteiger partial charge < -0.3 is 14.4 Å². The summed E-state index contributed by atoms with van der Waals surface area (Å²) in [7, 11) is -1.61. The molecular weight excluding hydrogens is 280 g/mol. The first-order chi connectivity index (χ1) is 9.60. The summed E-state index contributed by atoms with van der Waals surface area (Å²) in [5, 5.41) is 5.42. The molecule has 3 rings (SSSR count). The molecule has 1 aromatic rings. The molecule has 2 aliphatic rings. The number of benzene rings is 1. The molecule has 0 aromatic heterocycles. The summed E-state index contributed by atoms with van der Waals surface area (Å²) >= 11 is 0. The summed E-state index contributed by atoms with van der Waals surface area (Å²) in [5.74, 6) is -1.62. The van der Waals surface area contributed by atoms with Gasteiger partial charge in [0.2, 0.25) is 0 Å². The summed E-state index contributed by atoms with van der Waals surface area (Å²) in [6.45, 7) is 3.32. The summed E-state index contributed by atoms with van der Waals surface area (Å²) in [6.07, 6.45) is 0.749. The summed E-state index contributed by atoms with van der Waals surface area (Å²) in [6, 6.07) is 5.05. The monoisotopic (exact) mass is 296 g/mol. The van der Waals surface area contributed by atoms with Gasteiger partial charge in [0.1, 0.15) is 11.0 Å². The molecule has 0 aliphatic carbocycles. The number of hydrogen-bond donors (Lipinski definition) is 1. The van der Waals surface area contributed by atoms with Crippen LogP contribution < -0.4 is 10.0 Å². The predicted octanol–water partition coefficient (Wildman–Crippen LogP) is 0.624. The fraction of sp³-hybridized carbons (Fsp3) is 0.462. The molecule has 6 nitrogen and oxygen atoms in total. The van der Waals surface area contributed by atoms with Gasteiger partial charge in [-0.15, -0.1) is 0 Å². The topological polar surface area (TPSA) is 81.9 Å². The van der Waals surface area contributed by atoms with Gasteiger partial charge in [0, 0.05) is 12.1 Å². The van der Waals surface area contributed by atoms with E-state index < -0.39 is 16.8 Å². The van der Waals surface area contributed by atoms with Crippen molar-refractivity contribution < 1.29 is 18.5 Å². The van der Waals surface area contributed by atoms with Crippen molar-refractivity contribution in [3.05, 3.63) is 23.8 Å². The van der Waals surface area contributed by atoms with Crippen LogP contribution >= 0.6 is 0 Å². The van der Waals surface area contributed by atoms with Crippen molar-refractivity contribution in [2.24, 2.45) is 5.14 Å². The van der Waals surface area contributed by atoms with Crippen molar-refractivity contribution >= 4 is 22.6 Å². The van der Waals surface area contributed by atoms with Gasteiger partial charge in [0.25, 0.3) is 11.7 Å². The third-order valence-corrected chi connectivity index (χ3v) is 4.31. The van der Waals surface area contributed by atoms with Gasteiger partial charge in [-0.1, -0.05) is 0 Å². The van der Waals surface area contributed by atoms with Gasteiger partial charge >= 0.3 is 0 Å². The first kappa shape index (κ1) is 13.7. The average molecular weight is 296 g/mol. The van der Waals surface area contributed by atoms with E-state index in [0.29, 0.717) is 30.2 Å². The summed E-state index contributed by atoms with van der Waals surface area (Å²) < 4.78 is 22.8. The Morgan fingerprint density at radius 3 is 2.70 bits per heavy atom. The van der Waals surface area contributed by atoms with Gasteiger partial charge in [-0.25, -0.2) is 9.35 Å². The minimum Gasteiger partial charge on any atom is -0.338 e. The lowest BCUT2D eigenvalue weighted by Crippen LogP contribution is -2.47. The molecule has 2 heterocycles. The number of fused-ring (bicyclic) bond motifs is 2. The Labute approximate surface area is 119 Å². The highest BCUT2D eigenvalue weighted by Crippen LogP contribution is 2.45. The highest BCUT2D eigenvalue weighted by molar-refractivity contribution is 7.82. The smallest absolute Gasteiger partial charge is 0.292 e. The number of nitrogens with two attached hydrogens (primary N) is 1. The molecule has 1 unspecified atom stereocenters. The highest BCUT2D eigenvalue weighted by atomic mass is 32.2. The zero-order valence-electron chi connectivity index (χ0n) is 11.1. The zero-order chi connectivity index (χ0) is 14.3. The van der Waals surface area contributed by atoms with Crippen molar-refractivity contribution in [1.82, 2.24) is 0 Å². The normalized spacial score (nSPS) is 22.1. The number of rotatable bonds is 2. The molecule has 1 saturated heterocycles. The maximum atomic E-state index is 12.6. The number of carbonyl (C=O) groups excluding carboxylic acids is 1. The zero-order valence-corrected chi connectivity index (χ0v) is 11.9. The molecule has 1 spiro atoms. The van der Waals surface area contributed by atoms with Crippen LogP contribution in [0.5, 0.6) is 0 Å². The van der Waals surface area contributed by atoms with Gasteiger partial charge in [-0.2, -0.15) is 0 Å². The van der Waals surface area contributed by atoms with E-state index in [9.17, 15) is 9.00 Å². The SMILES string of the molecule is CCN1C(=O)C2(OCCCO2)c2cc(S(N)=O)ccc21. The number of hydrogen-bond acceptors (Lipinski definition) is 4. The molecule has 1 amide bonds.